The minimum atomic E-state index is -0.475. The number of nitrogens with zero attached hydrogens (tertiary/aromatic N) is 2. The quantitative estimate of drug-likeness (QED) is 0.557. The van der Waals surface area contributed by atoms with E-state index in [0.717, 1.165) is 23.2 Å². The number of aromatic nitrogens is 2. The third-order valence-corrected chi connectivity index (χ3v) is 5.23. The highest BCUT2D eigenvalue weighted by atomic mass is 32.1. The van der Waals surface area contributed by atoms with Crippen molar-refractivity contribution in [3.05, 3.63) is 42.3 Å². The Kier molecular flexibility index (Phi) is 5.95. The number of hydrogen-bond donors (Lipinski definition) is 1. The van der Waals surface area contributed by atoms with Crippen molar-refractivity contribution in [2.75, 3.05) is 20.3 Å². The standard InChI is InChI=1S/C20H21N3O5S/c1-25-19(24)21-9-8-16-10-17(23-28-16)18-11-22-20(29-18)27-15-6-4-14(5-7-15)26-12-13-2-3-13/h4-7,10-11,13H,2-3,8-9,12H2,1H3,(H,21,24). The van der Waals surface area contributed by atoms with Crippen LogP contribution in [0.4, 0.5) is 4.79 Å². The summed E-state index contributed by atoms with van der Waals surface area (Å²) in [5.41, 5.74) is 0.675. The molecular weight excluding hydrogens is 394 g/mol. The van der Waals surface area contributed by atoms with Crippen LogP contribution < -0.4 is 14.8 Å². The van der Waals surface area contributed by atoms with Crippen molar-refractivity contribution in [1.29, 1.82) is 0 Å². The first-order valence-electron chi connectivity index (χ1n) is 9.34. The van der Waals surface area contributed by atoms with Gasteiger partial charge in [-0.2, -0.15) is 0 Å². The molecule has 4 rings (SSSR count). The van der Waals surface area contributed by atoms with Crippen LogP contribution in [0.15, 0.2) is 41.1 Å². The topological polar surface area (TPSA) is 95.7 Å². The maximum absolute atomic E-state index is 11.1. The molecule has 1 aromatic carbocycles. The molecule has 0 radical (unpaired) electrons. The summed E-state index contributed by atoms with van der Waals surface area (Å²) >= 11 is 1.38. The van der Waals surface area contributed by atoms with E-state index < -0.39 is 6.09 Å². The van der Waals surface area contributed by atoms with Gasteiger partial charge in [0.1, 0.15) is 23.0 Å². The lowest BCUT2D eigenvalue weighted by Crippen LogP contribution is -2.25. The molecule has 3 aromatic rings. The molecule has 0 unspecified atom stereocenters. The summed E-state index contributed by atoms with van der Waals surface area (Å²) < 4.78 is 21.4. The van der Waals surface area contributed by atoms with E-state index in [1.165, 1.54) is 31.3 Å². The minimum Gasteiger partial charge on any atom is -0.493 e. The summed E-state index contributed by atoms with van der Waals surface area (Å²) in [6.45, 7) is 1.19. The van der Waals surface area contributed by atoms with Gasteiger partial charge in [0, 0.05) is 19.0 Å². The van der Waals surface area contributed by atoms with Crippen LogP contribution in [-0.4, -0.2) is 36.5 Å². The fourth-order valence-corrected chi connectivity index (χ4v) is 3.27. The lowest BCUT2D eigenvalue weighted by atomic mass is 10.3. The Bertz CT molecular complexity index is 949. The first kappa shape index (κ1) is 19.3. The van der Waals surface area contributed by atoms with Crippen LogP contribution in [0.3, 0.4) is 0 Å². The van der Waals surface area contributed by atoms with Crippen molar-refractivity contribution >= 4 is 17.4 Å². The second-order valence-electron chi connectivity index (χ2n) is 6.67. The zero-order valence-corrected chi connectivity index (χ0v) is 16.7. The van der Waals surface area contributed by atoms with Crippen molar-refractivity contribution in [3.8, 4) is 27.3 Å². The zero-order valence-electron chi connectivity index (χ0n) is 15.9. The van der Waals surface area contributed by atoms with E-state index in [2.05, 4.69) is 20.2 Å². The minimum absolute atomic E-state index is 0.402. The highest BCUT2D eigenvalue weighted by molar-refractivity contribution is 7.16. The first-order valence-corrected chi connectivity index (χ1v) is 10.2. The number of benzene rings is 1. The van der Waals surface area contributed by atoms with Gasteiger partial charge in [0.2, 0.25) is 0 Å². The molecule has 0 bridgehead atoms. The molecule has 1 aliphatic carbocycles. The smallest absolute Gasteiger partial charge is 0.406 e. The Hall–Kier alpha value is -3.07. The highest BCUT2D eigenvalue weighted by Gasteiger charge is 2.21. The summed E-state index contributed by atoms with van der Waals surface area (Å²) in [7, 11) is 1.32. The second-order valence-corrected chi connectivity index (χ2v) is 7.66. The summed E-state index contributed by atoms with van der Waals surface area (Å²) in [4.78, 5) is 16.2. The maximum atomic E-state index is 11.1. The van der Waals surface area contributed by atoms with Crippen LogP contribution in [0, 0.1) is 5.92 Å². The molecule has 1 aliphatic rings. The highest BCUT2D eigenvalue weighted by Crippen LogP contribution is 2.34. The van der Waals surface area contributed by atoms with Crippen LogP contribution in [0.1, 0.15) is 18.6 Å². The van der Waals surface area contributed by atoms with Gasteiger partial charge in [-0.25, -0.2) is 9.78 Å². The van der Waals surface area contributed by atoms with Crippen molar-refractivity contribution in [2.24, 2.45) is 5.92 Å². The van der Waals surface area contributed by atoms with Crippen LogP contribution >= 0.6 is 11.3 Å². The molecule has 0 aliphatic heterocycles. The Morgan fingerprint density at radius 3 is 2.83 bits per heavy atom. The summed E-state index contributed by atoms with van der Waals surface area (Å²) in [5, 5.41) is 7.17. The van der Waals surface area contributed by atoms with Crippen LogP contribution in [0.5, 0.6) is 16.7 Å². The molecule has 1 N–H and O–H groups in total. The van der Waals surface area contributed by atoms with E-state index in [1.54, 1.807) is 6.20 Å². The van der Waals surface area contributed by atoms with Gasteiger partial charge in [0.25, 0.3) is 5.19 Å². The van der Waals surface area contributed by atoms with E-state index >= 15 is 0 Å². The van der Waals surface area contributed by atoms with Gasteiger partial charge in [0.15, 0.2) is 0 Å². The van der Waals surface area contributed by atoms with Gasteiger partial charge < -0.3 is 24.1 Å². The van der Waals surface area contributed by atoms with Crippen molar-refractivity contribution in [1.82, 2.24) is 15.5 Å². The van der Waals surface area contributed by atoms with Gasteiger partial charge in [-0.15, -0.1) is 0 Å². The summed E-state index contributed by atoms with van der Waals surface area (Å²) in [5.74, 6) is 2.93. The van der Waals surface area contributed by atoms with E-state index in [-0.39, 0.29) is 0 Å². The van der Waals surface area contributed by atoms with Crippen molar-refractivity contribution < 1.29 is 23.5 Å². The van der Waals surface area contributed by atoms with Gasteiger partial charge >= 0.3 is 6.09 Å². The molecule has 1 amide bonds. The number of carbonyl (C=O) groups is 1. The molecule has 2 heterocycles. The van der Waals surface area contributed by atoms with Crippen molar-refractivity contribution in [3.63, 3.8) is 0 Å². The van der Waals surface area contributed by atoms with E-state index in [1.807, 2.05) is 30.3 Å². The number of amides is 1. The number of ether oxygens (including phenoxy) is 3. The number of thiazole rings is 1. The number of carbonyl (C=O) groups excluding carboxylic acids is 1. The lowest BCUT2D eigenvalue weighted by molar-refractivity contribution is 0.171. The average Bonchev–Trinajstić information content (AvgIpc) is 3.25. The fourth-order valence-electron chi connectivity index (χ4n) is 2.53. The predicted molar refractivity (Wildman–Crippen MR) is 106 cm³/mol. The van der Waals surface area contributed by atoms with E-state index in [0.29, 0.717) is 35.4 Å². The van der Waals surface area contributed by atoms with Crippen molar-refractivity contribution in [2.45, 2.75) is 19.3 Å². The molecular formula is C20H21N3O5S. The lowest BCUT2D eigenvalue weighted by Gasteiger charge is -2.06. The van der Waals surface area contributed by atoms with Gasteiger partial charge in [-0.1, -0.05) is 16.5 Å². The van der Waals surface area contributed by atoms with Crippen LogP contribution in [0.2, 0.25) is 0 Å². The molecule has 0 atom stereocenters. The molecule has 0 spiro atoms. The summed E-state index contributed by atoms with van der Waals surface area (Å²) in [6.07, 6.45) is 4.27. The second kappa shape index (κ2) is 8.95. The third-order valence-electron chi connectivity index (χ3n) is 4.33. The molecule has 1 fully saturated rings. The number of alkyl carbamates (subject to hydrolysis) is 1. The number of nitrogens with one attached hydrogen (secondary N) is 1. The molecule has 0 saturated heterocycles. The largest absolute Gasteiger partial charge is 0.493 e. The SMILES string of the molecule is COC(=O)NCCc1cc(-c2cnc(Oc3ccc(OCC4CC4)cc3)s2)no1. The Balaban J connectivity index is 1.30. The third kappa shape index (κ3) is 5.47. The Morgan fingerprint density at radius 1 is 1.28 bits per heavy atom. The number of methoxy groups -OCH3 is 1. The van der Waals surface area contributed by atoms with Gasteiger partial charge in [-0.3, -0.25) is 0 Å². The van der Waals surface area contributed by atoms with Gasteiger partial charge in [-0.05, 0) is 43.0 Å². The molecule has 29 heavy (non-hydrogen) atoms. The van der Waals surface area contributed by atoms with Crippen LogP contribution in [-0.2, 0) is 11.2 Å². The Morgan fingerprint density at radius 2 is 2.07 bits per heavy atom. The molecule has 152 valence electrons. The number of hydrogen-bond acceptors (Lipinski definition) is 8. The molecule has 2 aromatic heterocycles. The van der Waals surface area contributed by atoms with E-state index in [4.69, 9.17) is 14.0 Å². The Labute approximate surface area is 171 Å². The maximum Gasteiger partial charge on any atom is 0.406 e. The van der Waals surface area contributed by atoms with E-state index in [9.17, 15) is 4.79 Å². The molecule has 1 saturated carbocycles. The monoisotopic (exact) mass is 415 g/mol. The molecule has 9 heteroatoms. The number of rotatable bonds is 9. The fraction of sp³-hybridized carbons (Fsp3) is 0.350. The molecule has 8 nitrogen and oxygen atoms in total. The van der Waals surface area contributed by atoms with Crippen LogP contribution in [0.25, 0.3) is 10.6 Å². The normalized spacial score (nSPS) is 13.1. The zero-order chi connectivity index (χ0) is 20.1. The first-order chi connectivity index (χ1) is 14.2. The van der Waals surface area contributed by atoms with Gasteiger partial charge in [0.05, 0.1) is 24.8 Å². The predicted octanol–water partition coefficient (Wildman–Crippen LogP) is 4.28. The summed E-state index contributed by atoms with van der Waals surface area (Å²) in [6, 6.07) is 9.36. The average molecular weight is 415 g/mol.